The highest BCUT2D eigenvalue weighted by molar-refractivity contribution is 7.17. The van der Waals surface area contributed by atoms with Crippen LogP contribution >= 0.6 is 11.3 Å². The second-order valence-corrected chi connectivity index (χ2v) is 7.27. The Morgan fingerprint density at radius 1 is 1.05 bits per heavy atom. The van der Waals surface area contributed by atoms with E-state index in [0.29, 0.717) is 0 Å². The summed E-state index contributed by atoms with van der Waals surface area (Å²) in [5.74, 6) is 0.213. The minimum atomic E-state index is 0.213. The number of carbonyl (C=O) groups is 1. The zero-order valence-corrected chi connectivity index (χ0v) is 13.7. The summed E-state index contributed by atoms with van der Waals surface area (Å²) in [6.07, 6.45) is 2.14. The Balaban J connectivity index is 1.63. The molecule has 0 atom stereocenters. The molecule has 0 spiro atoms. The van der Waals surface area contributed by atoms with Crippen molar-refractivity contribution in [1.29, 1.82) is 0 Å². The maximum Gasteiger partial charge on any atom is 0.264 e. The molecule has 1 saturated heterocycles. The summed E-state index contributed by atoms with van der Waals surface area (Å²) < 4.78 is 0. The van der Waals surface area contributed by atoms with E-state index in [2.05, 4.69) is 42.3 Å². The molecule has 1 aliphatic carbocycles. The number of carbonyl (C=O) groups excluding carboxylic acids is 1. The maximum absolute atomic E-state index is 12.8. The third-order valence-electron chi connectivity index (χ3n) is 4.74. The first-order valence-electron chi connectivity index (χ1n) is 7.91. The van der Waals surface area contributed by atoms with Crippen molar-refractivity contribution in [2.45, 2.75) is 12.8 Å². The number of hydrogen-bond acceptors (Lipinski definition) is 3. The van der Waals surface area contributed by atoms with E-state index in [1.54, 1.807) is 11.3 Å². The molecule has 0 bridgehead atoms. The Bertz CT molecular complexity index is 714. The van der Waals surface area contributed by atoms with Crippen molar-refractivity contribution >= 4 is 17.2 Å². The van der Waals surface area contributed by atoms with Crippen LogP contribution in [0.1, 0.15) is 20.8 Å². The molecule has 1 aromatic carbocycles. The van der Waals surface area contributed by atoms with Crippen LogP contribution in [-0.2, 0) is 12.8 Å². The first-order valence-corrected chi connectivity index (χ1v) is 8.73. The first kappa shape index (κ1) is 14.0. The largest absolute Gasteiger partial charge is 0.335 e. The second-order valence-electron chi connectivity index (χ2n) is 6.22. The molecule has 0 unspecified atom stereocenters. The van der Waals surface area contributed by atoms with Gasteiger partial charge in [-0.1, -0.05) is 24.3 Å². The number of aryl methyl sites for hydroxylation is 2. The fourth-order valence-electron chi connectivity index (χ4n) is 3.34. The van der Waals surface area contributed by atoms with Crippen LogP contribution in [0.3, 0.4) is 0 Å². The van der Waals surface area contributed by atoms with Gasteiger partial charge >= 0.3 is 0 Å². The predicted octanol–water partition coefficient (Wildman–Crippen LogP) is 2.90. The lowest BCUT2D eigenvalue weighted by atomic mass is 9.91. The number of likely N-dealkylation sites (N-methyl/N-ethyl adjacent to an activating group) is 1. The number of thiophene rings is 1. The smallest absolute Gasteiger partial charge is 0.264 e. The summed E-state index contributed by atoms with van der Waals surface area (Å²) >= 11 is 1.68. The highest BCUT2D eigenvalue weighted by Gasteiger charge is 2.25. The summed E-state index contributed by atoms with van der Waals surface area (Å²) in [4.78, 5) is 19.2. The van der Waals surface area contributed by atoms with Gasteiger partial charge in [0.15, 0.2) is 0 Å². The van der Waals surface area contributed by atoms with E-state index in [0.717, 1.165) is 43.9 Å². The average Bonchev–Trinajstić information content (AvgIpc) is 2.99. The van der Waals surface area contributed by atoms with Gasteiger partial charge in [0.05, 0.1) is 4.88 Å². The molecular weight excluding hydrogens is 292 g/mol. The van der Waals surface area contributed by atoms with Crippen molar-refractivity contribution in [1.82, 2.24) is 9.80 Å². The van der Waals surface area contributed by atoms with Gasteiger partial charge in [-0.25, -0.2) is 0 Å². The molecule has 0 saturated carbocycles. The van der Waals surface area contributed by atoms with Crippen LogP contribution in [0.15, 0.2) is 30.3 Å². The van der Waals surface area contributed by atoms with Crippen LogP contribution in [0.2, 0.25) is 0 Å². The summed E-state index contributed by atoms with van der Waals surface area (Å²) in [6.45, 7) is 3.63. The van der Waals surface area contributed by atoms with Crippen molar-refractivity contribution in [3.05, 3.63) is 46.3 Å². The molecule has 1 aromatic heterocycles. The Kier molecular flexibility index (Phi) is 3.51. The van der Waals surface area contributed by atoms with Crippen LogP contribution in [0.25, 0.3) is 10.4 Å². The summed E-state index contributed by atoms with van der Waals surface area (Å²) in [6, 6.07) is 10.7. The highest BCUT2D eigenvalue weighted by atomic mass is 32.1. The van der Waals surface area contributed by atoms with E-state index in [1.807, 2.05) is 4.90 Å². The van der Waals surface area contributed by atoms with E-state index in [-0.39, 0.29) is 5.91 Å². The molecule has 3 nitrogen and oxygen atoms in total. The molecule has 2 aromatic rings. The van der Waals surface area contributed by atoms with Gasteiger partial charge in [-0.05, 0) is 42.6 Å². The maximum atomic E-state index is 12.8. The van der Waals surface area contributed by atoms with Gasteiger partial charge in [0.2, 0.25) is 0 Å². The molecule has 0 radical (unpaired) electrons. The zero-order chi connectivity index (χ0) is 15.1. The fraction of sp³-hybridized carbons (Fsp3) is 0.389. The van der Waals surface area contributed by atoms with E-state index >= 15 is 0 Å². The van der Waals surface area contributed by atoms with Gasteiger partial charge in [0, 0.05) is 31.1 Å². The van der Waals surface area contributed by atoms with E-state index in [9.17, 15) is 4.79 Å². The average molecular weight is 312 g/mol. The van der Waals surface area contributed by atoms with Gasteiger partial charge in [-0.15, -0.1) is 11.3 Å². The van der Waals surface area contributed by atoms with Crippen LogP contribution in [0, 0.1) is 0 Å². The lowest BCUT2D eigenvalue weighted by Gasteiger charge is -2.32. The number of rotatable bonds is 1. The number of piperazine rings is 1. The van der Waals surface area contributed by atoms with Crippen molar-refractivity contribution < 1.29 is 4.79 Å². The van der Waals surface area contributed by atoms with Gasteiger partial charge in [-0.2, -0.15) is 0 Å². The second kappa shape index (κ2) is 5.52. The van der Waals surface area contributed by atoms with Crippen LogP contribution in [0.4, 0.5) is 0 Å². The number of nitrogens with zero attached hydrogens (tertiary/aromatic N) is 2. The SMILES string of the molecule is CN1CCN(C(=O)c2cc3c(s2)-c2ccccc2CC3)CC1. The molecular formula is C18H20N2OS. The molecule has 0 N–H and O–H groups in total. The Morgan fingerprint density at radius 3 is 2.59 bits per heavy atom. The Morgan fingerprint density at radius 2 is 1.77 bits per heavy atom. The molecule has 1 fully saturated rings. The lowest BCUT2D eigenvalue weighted by molar-refractivity contribution is 0.0669. The topological polar surface area (TPSA) is 23.6 Å². The van der Waals surface area contributed by atoms with Gasteiger partial charge in [-0.3, -0.25) is 4.79 Å². The molecule has 1 amide bonds. The third-order valence-corrected chi connectivity index (χ3v) is 5.93. The monoisotopic (exact) mass is 312 g/mol. The predicted molar refractivity (Wildman–Crippen MR) is 90.6 cm³/mol. The molecule has 1 aliphatic heterocycles. The fourth-order valence-corrected chi connectivity index (χ4v) is 4.58. The quantitative estimate of drug-likeness (QED) is 0.808. The van der Waals surface area contributed by atoms with Gasteiger partial charge in [0.25, 0.3) is 5.91 Å². The van der Waals surface area contributed by atoms with Crippen molar-refractivity contribution in [3.8, 4) is 10.4 Å². The number of hydrogen-bond donors (Lipinski definition) is 0. The Labute approximate surface area is 135 Å². The van der Waals surface area contributed by atoms with Crippen LogP contribution in [-0.4, -0.2) is 48.9 Å². The minimum absolute atomic E-state index is 0.213. The van der Waals surface area contributed by atoms with Crippen molar-refractivity contribution in [2.75, 3.05) is 33.2 Å². The molecule has 4 heteroatoms. The molecule has 2 heterocycles. The third kappa shape index (κ3) is 2.36. The zero-order valence-electron chi connectivity index (χ0n) is 12.8. The first-order chi connectivity index (χ1) is 10.7. The molecule has 2 aliphatic rings. The number of amides is 1. The van der Waals surface area contributed by atoms with Crippen LogP contribution in [0.5, 0.6) is 0 Å². The molecule has 22 heavy (non-hydrogen) atoms. The van der Waals surface area contributed by atoms with E-state index in [1.165, 1.54) is 21.6 Å². The van der Waals surface area contributed by atoms with Crippen LogP contribution < -0.4 is 0 Å². The standard InChI is InChI=1S/C18H20N2OS/c1-19-8-10-20(11-9-19)18(21)16-12-14-7-6-13-4-2-3-5-15(13)17(14)22-16/h2-5,12H,6-11H2,1H3. The number of fused-ring (bicyclic) bond motifs is 3. The van der Waals surface area contributed by atoms with E-state index < -0.39 is 0 Å². The van der Waals surface area contributed by atoms with Gasteiger partial charge < -0.3 is 9.80 Å². The molecule has 114 valence electrons. The van der Waals surface area contributed by atoms with E-state index in [4.69, 9.17) is 0 Å². The Hall–Kier alpha value is -1.65. The highest BCUT2D eigenvalue weighted by Crippen LogP contribution is 2.39. The van der Waals surface area contributed by atoms with Crippen molar-refractivity contribution in [2.24, 2.45) is 0 Å². The minimum Gasteiger partial charge on any atom is -0.335 e. The number of benzene rings is 1. The van der Waals surface area contributed by atoms with Gasteiger partial charge in [0.1, 0.15) is 0 Å². The summed E-state index contributed by atoms with van der Waals surface area (Å²) in [5, 5.41) is 0. The van der Waals surface area contributed by atoms with Crippen molar-refractivity contribution in [3.63, 3.8) is 0 Å². The normalized spacial score (nSPS) is 18.0. The summed E-state index contributed by atoms with van der Waals surface area (Å²) in [7, 11) is 2.11. The lowest BCUT2D eigenvalue weighted by Crippen LogP contribution is -2.46. The summed E-state index contributed by atoms with van der Waals surface area (Å²) in [5.41, 5.74) is 4.09. The molecule has 4 rings (SSSR count).